The van der Waals surface area contributed by atoms with Crippen molar-refractivity contribution in [2.45, 2.75) is 11.1 Å². The third-order valence-corrected chi connectivity index (χ3v) is 5.15. The Morgan fingerprint density at radius 2 is 1.81 bits per heavy atom. The number of rotatable bonds is 5. The number of aromatic nitrogens is 1. The summed E-state index contributed by atoms with van der Waals surface area (Å²) in [7, 11) is -3.59. The molecule has 4 nitrogen and oxygen atoms in total. The molecule has 0 saturated carbocycles. The molecule has 2 aromatic carbocycles. The lowest BCUT2D eigenvalue weighted by Crippen LogP contribution is -2.13. The van der Waals surface area contributed by atoms with Gasteiger partial charge in [-0.05, 0) is 35.9 Å². The fourth-order valence-electron chi connectivity index (χ4n) is 2.78. The minimum atomic E-state index is -4.88. The molecule has 0 fully saturated rings. The van der Waals surface area contributed by atoms with Gasteiger partial charge in [-0.2, -0.15) is 13.2 Å². The van der Waals surface area contributed by atoms with E-state index in [1.54, 1.807) is 0 Å². The average Bonchev–Trinajstić information content (AvgIpc) is 2.71. The van der Waals surface area contributed by atoms with E-state index in [4.69, 9.17) is 11.2 Å². The van der Waals surface area contributed by atoms with Crippen molar-refractivity contribution in [1.82, 2.24) is 4.98 Å². The zero-order valence-corrected chi connectivity index (χ0v) is 16.7. The molecule has 1 aromatic heterocycles. The molecular weight excluding hydrogens is 434 g/mol. The van der Waals surface area contributed by atoms with E-state index in [1.165, 1.54) is 30.3 Å². The van der Waals surface area contributed by atoms with Crippen molar-refractivity contribution >= 4 is 9.84 Å². The molecular formula is C22H13F4NO3S. The Morgan fingerprint density at radius 3 is 2.32 bits per heavy atom. The summed E-state index contributed by atoms with van der Waals surface area (Å²) in [5, 5.41) is 0. The van der Waals surface area contributed by atoms with E-state index in [1.807, 2.05) is 0 Å². The molecule has 0 bridgehead atoms. The van der Waals surface area contributed by atoms with E-state index in [0.717, 1.165) is 18.4 Å². The number of halogens is 4. The Balaban J connectivity index is 2.33. The van der Waals surface area contributed by atoms with Gasteiger partial charge in [0, 0.05) is 29.0 Å². The number of nitrogens with zero attached hydrogens (tertiary/aromatic N) is 1. The number of hydrogen-bond donors (Lipinski definition) is 0. The summed E-state index contributed by atoms with van der Waals surface area (Å²) < 4.78 is 83.5. The van der Waals surface area contributed by atoms with Crippen molar-refractivity contribution in [3.8, 4) is 40.5 Å². The number of alkyl halides is 3. The molecule has 0 saturated heterocycles. The molecule has 0 atom stereocenters. The maximum Gasteiger partial charge on any atom is 0.434 e. The maximum absolute atomic E-state index is 13.9. The molecule has 0 amide bonds. The quantitative estimate of drug-likeness (QED) is 0.424. The molecule has 3 aromatic rings. The maximum atomic E-state index is 13.9. The molecule has 0 spiro atoms. The predicted molar refractivity (Wildman–Crippen MR) is 105 cm³/mol. The van der Waals surface area contributed by atoms with Gasteiger partial charge >= 0.3 is 6.18 Å². The monoisotopic (exact) mass is 447 g/mol. The molecule has 9 heteroatoms. The number of terminal acetylenes is 1. The number of hydrogen-bond acceptors (Lipinski definition) is 4. The van der Waals surface area contributed by atoms with E-state index < -0.39 is 27.5 Å². The van der Waals surface area contributed by atoms with Gasteiger partial charge in [-0.25, -0.2) is 17.8 Å². The van der Waals surface area contributed by atoms with E-state index in [2.05, 4.69) is 23.0 Å². The summed E-state index contributed by atoms with van der Waals surface area (Å²) in [6.07, 6.45) is 1.20. The van der Waals surface area contributed by atoms with Crippen LogP contribution in [0.1, 0.15) is 5.69 Å². The fraction of sp³-hybridized carbons (Fsp3) is 0.136. The van der Waals surface area contributed by atoms with Crippen LogP contribution in [-0.2, 0) is 16.0 Å². The highest BCUT2D eigenvalue weighted by molar-refractivity contribution is 7.90. The molecule has 158 valence electrons. The van der Waals surface area contributed by atoms with Gasteiger partial charge in [-0.15, -0.1) is 6.42 Å². The van der Waals surface area contributed by atoms with Crippen LogP contribution < -0.4 is 4.74 Å². The zero-order chi connectivity index (χ0) is 22.8. The first kappa shape index (κ1) is 22.1. The summed E-state index contributed by atoms with van der Waals surface area (Å²) in [6.45, 7) is -0.317. The fourth-order valence-corrected chi connectivity index (χ4v) is 3.33. The summed E-state index contributed by atoms with van der Waals surface area (Å²) >= 11 is 0. The molecule has 0 aliphatic carbocycles. The Kier molecular flexibility index (Phi) is 5.92. The summed E-state index contributed by atoms with van der Waals surface area (Å²) in [4.78, 5) is 3.39. The van der Waals surface area contributed by atoms with Crippen molar-refractivity contribution in [1.29, 1.82) is 0 Å². The molecule has 0 unspecified atom stereocenters. The lowest BCUT2D eigenvalue weighted by atomic mass is 9.93. The van der Waals surface area contributed by atoms with Crippen LogP contribution in [0.15, 0.2) is 47.4 Å². The Hall–Kier alpha value is -3.56. The third-order valence-electron chi connectivity index (χ3n) is 4.11. The van der Waals surface area contributed by atoms with Crippen LogP contribution in [0.2, 0.25) is 0 Å². The van der Waals surface area contributed by atoms with E-state index in [0.29, 0.717) is 0 Å². The Bertz CT molecular complexity index is 1240. The first-order valence-electron chi connectivity index (χ1n) is 8.59. The van der Waals surface area contributed by atoms with Crippen molar-refractivity contribution in [3.05, 3.63) is 66.1 Å². The summed E-state index contributed by atoms with van der Waals surface area (Å²) in [5.74, 6) is 1.14. The minimum Gasteiger partial charge on any atom is -0.464 e. The molecule has 0 N–H and O–H groups in total. The largest absolute Gasteiger partial charge is 0.464 e. The lowest BCUT2D eigenvalue weighted by Gasteiger charge is -2.18. The van der Waals surface area contributed by atoms with Crippen molar-refractivity contribution in [3.63, 3.8) is 0 Å². The molecule has 1 heterocycles. The summed E-state index contributed by atoms with van der Waals surface area (Å²) in [6, 6.07) is 13.1. The zero-order valence-electron chi connectivity index (χ0n) is 15.9. The van der Waals surface area contributed by atoms with Crippen LogP contribution in [0, 0.1) is 30.3 Å². The van der Waals surface area contributed by atoms with Gasteiger partial charge in [0.05, 0.1) is 0 Å². The molecule has 3 rings (SSSR count). The van der Waals surface area contributed by atoms with Crippen LogP contribution in [0.25, 0.3) is 22.3 Å². The number of sulfone groups is 1. The highest BCUT2D eigenvalue weighted by atomic mass is 32.2. The molecule has 0 aliphatic rings. The van der Waals surface area contributed by atoms with E-state index >= 15 is 0 Å². The smallest absolute Gasteiger partial charge is 0.434 e. The first-order valence-corrected chi connectivity index (χ1v) is 10.5. The van der Waals surface area contributed by atoms with Crippen molar-refractivity contribution in [2.24, 2.45) is 0 Å². The second-order valence-electron chi connectivity index (χ2n) is 6.36. The minimum absolute atomic E-state index is 0.0164. The van der Waals surface area contributed by atoms with Gasteiger partial charge in [0.2, 0.25) is 5.88 Å². The van der Waals surface area contributed by atoms with E-state index in [9.17, 15) is 26.0 Å². The third kappa shape index (κ3) is 4.96. The van der Waals surface area contributed by atoms with Crippen molar-refractivity contribution in [2.75, 3.05) is 12.9 Å². The second kappa shape index (κ2) is 8.29. The van der Waals surface area contributed by atoms with Gasteiger partial charge in [0.1, 0.15) is 10.7 Å². The van der Waals surface area contributed by atoms with Crippen LogP contribution in [0.5, 0.6) is 5.88 Å². The van der Waals surface area contributed by atoms with Gasteiger partial charge < -0.3 is 4.74 Å². The molecule has 31 heavy (non-hydrogen) atoms. The van der Waals surface area contributed by atoms with Crippen molar-refractivity contribution < 1.29 is 30.7 Å². The van der Waals surface area contributed by atoms with Crippen LogP contribution in [0.3, 0.4) is 0 Å². The predicted octanol–water partition coefficient (Wildman–Crippen LogP) is 4.59. The van der Waals surface area contributed by atoms with Gasteiger partial charge in [0.25, 0.3) is 0 Å². The topological polar surface area (TPSA) is 56.3 Å². The SMILES string of the molecule is C#CCOc1cc(-c2c#cc(S(C)(=O)=O)cc2)c(-c2ccc(F)cc2)c(C(F)(F)F)n1. The standard InChI is InChI=1S/C22H13F4NO3S/c1-3-12-30-19-13-18(14-6-10-17(11-7-14)31(2,28)29)20(21(27-19)22(24,25)26)15-4-8-16(23)9-5-15/h1,4-6,8-10,13H,12H2,2H3. The number of ether oxygens (including phenoxy) is 1. The average molecular weight is 447 g/mol. The van der Waals surface area contributed by atoms with Gasteiger partial charge in [0.15, 0.2) is 22.1 Å². The summed E-state index contributed by atoms with van der Waals surface area (Å²) in [5.41, 5.74) is -1.50. The van der Waals surface area contributed by atoms with Crippen LogP contribution >= 0.6 is 0 Å². The van der Waals surface area contributed by atoms with Crippen LogP contribution in [0.4, 0.5) is 17.6 Å². The normalized spacial score (nSPS) is 11.5. The Labute approximate surface area is 176 Å². The highest BCUT2D eigenvalue weighted by Crippen LogP contribution is 2.43. The molecule has 0 aliphatic heterocycles. The number of benzene rings is 1. The van der Waals surface area contributed by atoms with E-state index in [-0.39, 0.29) is 39.6 Å². The van der Waals surface area contributed by atoms with Gasteiger partial charge in [-0.1, -0.05) is 24.1 Å². The Morgan fingerprint density at radius 1 is 1.13 bits per heavy atom. The van der Waals surface area contributed by atoms with Gasteiger partial charge in [-0.3, -0.25) is 0 Å². The second-order valence-corrected chi connectivity index (χ2v) is 8.35. The highest BCUT2D eigenvalue weighted by Gasteiger charge is 2.38. The lowest BCUT2D eigenvalue weighted by molar-refractivity contribution is -0.140. The first-order chi connectivity index (χ1) is 14.5. The van der Waals surface area contributed by atoms with Crippen LogP contribution in [-0.4, -0.2) is 26.3 Å². The molecule has 0 radical (unpaired) electrons. The number of pyridine rings is 1.